The summed E-state index contributed by atoms with van der Waals surface area (Å²) in [6, 6.07) is 2.88. The molecule has 4 nitrogen and oxygen atoms in total. The van der Waals surface area contributed by atoms with E-state index in [2.05, 4.69) is 5.10 Å². The second-order valence-electron chi connectivity index (χ2n) is 4.19. The number of aliphatic hydroxyl groups excluding tert-OH is 1. The first-order chi connectivity index (χ1) is 8.79. The van der Waals surface area contributed by atoms with Crippen LogP contribution >= 0.6 is 0 Å². The molecule has 3 N–H and O–H groups in total. The minimum Gasteiger partial charge on any atom is -0.398 e. The highest BCUT2D eigenvalue weighted by molar-refractivity contribution is 5.52. The summed E-state index contributed by atoms with van der Waals surface area (Å²) in [4.78, 5) is 0. The van der Waals surface area contributed by atoms with Crippen LogP contribution in [0.15, 0.2) is 30.6 Å². The van der Waals surface area contributed by atoms with Crippen molar-refractivity contribution in [2.45, 2.75) is 12.3 Å². The van der Waals surface area contributed by atoms with Gasteiger partial charge in [-0.3, -0.25) is 4.68 Å². The van der Waals surface area contributed by atoms with Crippen molar-refractivity contribution in [3.05, 3.63) is 47.3 Å². The van der Waals surface area contributed by atoms with E-state index in [0.717, 1.165) is 12.1 Å². The van der Waals surface area contributed by atoms with E-state index < -0.39 is 17.8 Å². The summed E-state index contributed by atoms with van der Waals surface area (Å²) >= 11 is 0. The van der Waals surface area contributed by atoms with Gasteiger partial charge in [0.15, 0.2) is 0 Å². The number of aromatic nitrogens is 2. The highest BCUT2D eigenvalue weighted by Crippen LogP contribution is 2.34. The van der Waals surface area contributed by atoms with Crippen LogP contribution in [0.4, 0.5) is 18.9 Å². The summed E-state index contributed by atoms with van der Waals surface area (Å²) in [6.45, 7) is 0. The van der Waals surface area contributed by atoms with Gasteiger partial charge in [0.05, 0.1) is 11.8 Å². The first-order valence-electron chi connectivity index (χ1n) is 5.42. The van der Waals surface area contributed by atoms with Crippen LogP contribution in [0.5, 0.6) is 0 Å². The number of nitrogens with two attached hydrogens (primary N) is 1. The van der Waals surface area contributed by atoms with Crippen molar-refractivity contribution in [1.29, 1.82) is 0 Å². The lowest BCUT2D eigenvalue weighted by molar-refractivity contribution is -0.137. The van der Waals surface area contributed by atoms with Gasteiger partial charge in [0.2, 0.25) is 0 Å². The fraction of sp³-hybridized carbons (Fsp3) is 0.250. The molecule has 0 aliphatic carbocycles. The molecular formula is C12H12F3N3O. The molecule has 0 amide bonds. The van der Waals surface area contributed by atoms with Crippen LogP contribution in [-0.2, 0) is 13.2 Å². The number of alkyl halides is 3. The second-order valence-corrected chi connectivity index (χ2v) is 4.19. The third-order valence-corrected chi connectivity index (χ3v) is 2.75. The molecule has 19 heavy (non-hydrogen) atoms. The Labute approximate surface area is 107 Å². The number of benzene rings is 1. The molecule has 102 valence electrons. The van der Waals surface area contributed by atoms with E-state index in [1.165, 1.54) is 16.9 Å². The maximum atomic E-state index is 12.5. The Kier molecular flexibility index (Phi) is 3.23. The second kappa shape index (κ2) is 4.58. The number of hydrogen-bond donors (Lipinski definition) is 2. The van der Waals surface area contributed by atoms with E-state index in [0.29, 0.717) is 5.56 Å². The Balaban J connectivity index is 2.36. The summed E-state index contributed by atoms with van der Waals surface area (Å²) in [6.07, 6.45) is -2.55. The Morgan fingerprint density at radius 1 is 1.37 bits per heavy atom. The van der Waals surface area contributed by atoms with Crippen LogP contribution in [0.1, 0.15) is 22.8 Å². The highest BCUT2D eigenvalue weighted by atomic mass is 19.4. The van der Waals surface area contributed by atoms with Gasteiger partial charge in [-0.05, 0) is 12.1 Å². The molecule has 2 aromatic rings. The SMILES string of the molecule is Cn1cc(C(O)c2ccc(C(F)(F)F)cc2N)cn1. The largest absolute Gasteiger partial charge is 0.416 e. The summed E-state index contributed by atoms with van der Waals surface area (Å²) in [5.41, 5.74) is 5.32. The van der Waals surface area contributed by atoms with Gasteiger partial charge >= 0.3 is 6.18 Å². The topological polar surface area (TPSA) is 64.1 Å². The van der Waals surface area contributed by atoms with Crippen molar-refractivity contribution in [2.24, 2.45) is 7.05 Å². The number of nitrogens with zero attached hydrogens (tertiary/aromatic N) is 2. The van der Waals surface area contributed by atoms with Crippen LogP contribution in [0.3, 0.4) is 0 Å². The van der Waals surface area contributed by atoms with Gasteiger partial charge < -0.3 is 10.8 Å². The van der Waals surface area contributed by atoms with Crippen molar-refractivity contribution < 1.29 is 18.3 Å². The highest BCUT2D eigenvalue weighted by Gasteiger charge is 2.31. The van der Waals surface area contributed by atoms with Crippen molar-refractivity contribution >= 4 is 5.69 Å². The first-order valence-corrected chi connectivity index (χ1v) is 5.42. The molecule has 0 radical (unpaired) electrons. The van der Waals surface area contributed by atoms with E-state index in [1.54, 1.807) is 13.2 Å². The molecule has 0 aliphatic rings. The van der Waals surface area contributed by atoms with Crippen molar-refractivity contribution in [2.75, 3.05) is 5.73 Å². The number of rotatable bonds is 2. The van der Waals surface area contributed by atoms with Gasteiger partial charge in [0.25, 0.3) is 0 Å². The van der Waals surface area contributed by atoms with Gasteiger partial charge in [-0.1, -0.05) is 6.07 Å². The molecule has 7 heteroatoms. The van der Waals surface area contributed by atoms with E-state index in [9.17, 15) is 18.3 Å². The van der Waals surface area contributed by atoms with Crippen LogP contribution in [-0.4, -0.2) is 14.9 Å². The Bertz CT molecular complexity index is 592. The molecule has 1 heterocycles. The van der Waals surface area contributed by atoms with Gasteiger partial charge in [-0.15, -0.1) is 0 Å². The van der Waals surface area contributed by atoms with E-state index in [-0.39, 0.29) is 11.3 Å². The lowest BCUT2D eigenvalue weighted by atomic mass is 10.0. The molecule has 2 rings (SSSR count). The third kappa shape index (κ3) is 2.70. The quantitative estimate of drug-likeness (QED) is 0.822. The molecule has 1 aromatic carbocycles. The van der Waals surface area contributed by atoms with Crippen molar-refractivity contribution in [3.8, 4) is 0 Å². The molecule has 1 unspecified atom stereocenters. The predicted molar refractivity (Wildman–Crippen MR) is 63.1 cm³/mol. The number of hydrogen-bond acceptors (Lipinski definition) is 3. The van der Waals surface area contributed by atoms with Crippen LogP contribution in [0, 0.1) is 0 Å². The van der Waals surface area contributed by atoms with Crippen LogP contribution in [0.2, 0.25) is 0 Å². The zero-order valence-electron chi connectivity index (χ0n) is 10.0. The zero-order chi connectivity index (χ0) is 14.2. The predicted octanol–water partition coefficient (Wildman–Crippen LogP) is 2.10. The number of anilines is 1. The van der Waals surface area contributed by atoms with Gasteiger partial charge in [0.1, 0.15) is 6.10 Å². The molecule has 1 aromatic heterocycles. The molecule has 0 spiro atoms. The lowest BCUT2D eigenvalue weighted by Gasteiger charge is -2.14. The monoisotopic (exact) mass is 271 g/mol. The normalized spacial score (nSPS) is 13.5. The molecule has 0 saturated carbocycles. The lowest BCUT2D eigenvalue weighted by Crippen LogP contribution is -2.09. The molecule has 0 aliphatic heterocycles. The fourth-order valence-electron chi connectivity index (χ4n) is 1.76. The molecule has 0 saturated heterocycles. The standard InChI is InChI=1S/C12H12F3N3O/c1-18-6-7(5-17-18)11(19)9-3-2-8(4-10(9)16)12(13,14)15/h2-6,11,19H,16H2,1H3. The van der Waals surface area contributed by atoms with Crippen LogP contribution in [0.25, 0.3) is 0 Å². The Hall–Kier alpha value is -2.02. The number of nitrogen functional groups attached to an aromatic ring is 1. The Morgan fingerprint density at radius 2 is 2.05 bits per heavy atom. The maximum absolute atomic E-state index is 12.5. The molecule has 0 bridgehead atoms. The summed E-state index contributed by atoms with van der Waals surface area (Å²) in [5, 5.41) is 14.0. The average Bonchev–Trinajstić information content (AvgIpc) is 2.73. The summed E-state index contributed by atoms with van der Waals surface area (Å²) < 4.78 is 39.0. The van der Waals surface area contributed by atoms with E-state index >= 15 is 0 Å². The fourth-order valence-corrected chi connectivity index (χ4v) is 1.76. The molecule has 0 fully saturated rings. The third-order valence-electron chi connectivity index (χ3n) is 2.75. The van der Waals surface area contributed by atoms with Gasteiger partial charge in [-0.25, -0.2) is 0 Å². The summed E-state index contributed by atoms with van der Waals surface area (Å²) in [7, 11) is 1.67. The average molecular weight is 271 g/mol. The van der Waals surface area contributed by atoms with Crippen molar-refractivity contribution in [3.63, 3.8) is 0 Å². The number of aryl methyl sites for hydroxylation is 1. The number of halogens is 3. The van der Waals surface area contributed by atoms with Crippen molar-refractivity contribution in [1.82, 2.24) is 9.78 Å². The zero-order valence-corrected chi connectivity index (χ0v) is 10.0. The van der Waals surface area contributed by atoms with E-state index in [1.807, 2.05) is 0 Å². The minimum absolute atomic E-state index is 0.105. The van der Waals surface area contributed by atoms with E-state index in [4.69, 9.17) is 5.73 Å². The first kappa shape index (κ1) is 13.4. The van der Waals surface area contributed by atoms with Crippen LogP contribution < -0.4 is 5.73 Å². The minimum atomic E-state index is -4.45. The summed E-state index contributed by atoms with van der Waals surface area (Å²) in [5.74, 6) is 0. The molecule has 1 atom stereocenters. The smallest absolute Gasteiger partial charge is 0.398 e. The van der Waals surface area contributed by atoms with Gasteiger partial charge in [0, 0.05) is 30.1 Å². The maximum Gasteiger partial charge on any atom is 0.416 e. The molecular weight excluding hydrogens is 259 g/mol. The van der Waals surface area contributed by atoms with Gasteiger partial charge in [-0.2, -0.15) is 18.3 Å². The Morgan fingerprint density at radius 3 is 2.53 bits per heavy atom. The number of aliphatic hydroxyl groups is 1.